The molecule has 7 heteroatoms. The number of thioether (sulfide) groups is 1. The highest BCUT2D eigenvalue weighted by Crippen LogP contribution is 2.37. The third-order valence-corrected chi connectivity index (χ3v) is 6.95. The Morgan fingerprint density at radius 1 is 1.09 bits per heavy atom. The summed E-state index contributed by atoms with van der Waals surface area (Å²) in [6.07, 6.45) is 3.65. The molecule has 33 heavy (non-hydrogen) atoms. The molecule has 1 amide bonds. The number of methoxy groups -OCH3 is 1. The maximum absolute atomic E-state index is 12.6. The second-order valence-corrected chi connectivity index (χ2v) is 9.41. The first kappa shape index (κ1) is 25.1. The van der Waals surface area contributed by atoms with E-state index in [9.17, 15) is 4.79 Å². The molecule has 1 aliphatic heterocycles. The second-order valence-electron chi connectivity index (χ2n) is 7.73. The number of ether oxygens (including phenoxy) is 3. The van der Waals surface area contributed by atoms with Gasteiger partial charge in [0.2, 0.25) is 0 Å². The van der Waals surface area contributed by atoms with Crippen molar-refractivity contribution in [2.75, 3.05) is 26.9 Å². The van der Waals surface area contributed by atoms with Crippen LogP contribution < -0.4 is 14.2 Å². The van der Waals surface area contributed by atoms with Crippen LogP contribution in [0.2, 0.25) is 0 Å². The number of thiocarbonyl (C=S) groups is 1. The average Bonchev–Trinajstić information content (AvgIpc) is 3.11. The zero-order valence-electron chi connectivity index (χ0n) is 19.6. The van der Waals surface area contributed by atoms with Crippen LogP contribution in [0.5, 0.6) is 17.2 Å². The molecule has 0 spiro atoms. The maximum atomic E-state index is 12.6. The predicted molar refractivity (Wildman–Crippen MR) is 139 cm³/mol. The lowest BCUT2D eigenvalue weighted by atomic mass is 9.99. The van der Waals surface area contributed by atoms with Crippen molar-refractivity contribution >= 4 is 40.3 Å². The van der Waals surface area contributed by atoms with Crippen molar-refractivity contribution in [2.24, 2.45) is 0 Å². The predicted octanol–water partition coefficient (Wildman–Crippen LogP) is 6.28. The van der Waals surface area contributed by atoms with Gasteiger partial charge in [-0.2, -0.15) is 0 Å². The zero-order chi connectivity index (χ0) is 23.8. The topological polar surface area (TPSA) is 48.0 Å². The first-order valence-electron chi connectivity index (χ1n) is 11.3. The molecular weight excluding hydrogens is 454 g/mol. The Morgan fingerprint density at radius 3 is 2.45 bits per heavy atom. The van der Waals surface area contributed by atoms with Gasteiger partial charge in [-0.15, -0.1) is 0 Å². The number of rotatable bonds is 11. The van der Waals surface area contributed by atoms with E-state index in [1.54, 1.807) is 12.0 Å². The molecule has 0 radical (unpaired) electrons. The highest BCUT2D eigenvalue weighted by molar-refractivity contribution is 8.26. The van der Waals surface area contributed by atoms with Crippen LogP contribution in [-0.2, 0) is 4.79 Å². The molecule has 0 N–H and O–H groups in total. The summed E-state index contributed by atoms with van der Waals surface area (Å²) in [4.78, 5) is 14.8. The van der Waals surface area contributed by atoms with Crippen LogP contribution in [0, 0.1) is 0 Å². The summed E-state index contributed by atoms with van der Waals surface area (Å²) in [6, 6.07) is 13.9. The lowest BCUT2D eigenvalue weighted by Crippen LogP contribution is -2.27. The van der Waals surface area contributed by atoms with Crippen molar-refractivity contribution in [3.63, 3.8) is 0 Å². The van der Waals surface area contributed by atoms with E-state index >= 15 is 0 Å². The van der Waals surface area contributed by atoms with E-state index < -0.39 is 0 Å². The number of hydrogen-bond donors (Lipinski definition) is 0. The van der Waals surface area contributed by atoms with E-state index in [2.05, 4.69) is 26.0 Å². The first-order chi connectivity index (χ1) is 16.0. The molecule has 3 rings (SSSR count). The van der Waals surface area contributed by atoms with Crippen molar-refractivity contribution in [3.05, 3.63) is 58.5 Å². The summed E-state index contributed by atoms with van der Waals surface area (Å²) >= 11 is 6.62. The maximum Gasteiger partial charge on any atom is 0.266 e. The second kappa shape index (κ2) is 12.1. The number of carbonyl (C=O) groups excluding carboxylic acids is 1. The molecule has 1 fully saturated rings. The third-order valence-electron chi connectivity index (χ3n) is 5.57. The van der Waals surface area contributed by atoms with Gasteiger partial charge in [0.15, 0.2) is 11.5 Å². The van der Waals surface area contributed by atoms with Gasteiger partial charge in [0.25, 0.3) is 5.91 Å². The average molecular weight is 486 g/mol. The monoisotopic (exact) mass is 485 g/mol. The summed E-state index contributed by atoms with van der Waals surface area (Å²) in [5, 5.41) is 0. The lowest BCUT2D eigenvalue weighted by Gasteiger charge is -2.14. The molecule has 0 aromatic heterocycles. The molecule has 176 valence electrons. The number of benzene rings is 2. The van der Waals surface area contributed by atoms with E-state index in [1.165, 1.54) is 17.3 Å². The smallest absolute Gasteiger partial charge is 0.266 e. The summed E-state index contributed by atoms with van der Waals surface area (Å²) in [5.41, 5.74) is 2.11. The van der Waals surface area contributed by atoms with E-state index in [4.69, 9.17) is 26.4 Å². The molecular formula is C26H31NO4S2. The molecule has 1 atom stereocenters. The van der Waals surface area contributed by atoms with Gasteiger partial charge >= 0.3 is 0 Å². The van der Waals surface area contributed by atoms with E-state index in [-0.39, 0.29) is 5.91 Å². The normalized spacial score (nSPS) is 15.8. The minimum Gasteiger partial charge on any atom is -0.493 e. The van der Waals surface area contributed by atoms with Gasteiger partial charge < -0.3 is 14.2 Å². The van der Waals surface area contributed by atoms with Crippen molar-refractivity contribution < 1.29 is 19.0 Å². The zero-order valence-corrected chi connectivity index (χ0v) is 21.3. The number of para-hydroxylation sites is 1. The minimum atomic E-state index is -0.0750. The van der Waals surface area contributed by atoms with Crippen LogP contribution in [0.4, 0.5) is 0 Å². The molecule has 0 unspecified atom stereocenters. The van der Waals surface area contributed by atoms with Crippen LogP contribution in [0.1, 0.15) is 50.7 Å². The number of likely N-dealkylation sites (N-methyl/N-ethyl adjacent to an activating group) is 1. The Morgan fingerprint density at radius 2 is 1.82 bits per heavy atom. The molecule has 2 aromatic carbocycles. The van der Waals surface area contributed by atoms with Gasteiger partial charge in [0.05, 0.1) is 25.2 Å². The number of nitrogens with zero attached hydrogens (tertiary/aromatic N) is 1. The fraction of sp³-hybridized carbons (Fsp3) is 0.385. The van der Waals surface area contributed by atoms with Crippen LogP contribution in [0.3, 0.4) is 0 Å². The Hall–Kier alpha value is -2.51. The van der Waals surface area contributed by atoms with E-state index in [1.807, 2.05) is 43.3 Å². The number of amides is 1. The molecule has 1 aliphatic rings. The summed E-state index contributed by atoms with van der Waals surface area (Å²) in [6.45, 7) is 7.90. The Kier molecular flexibility index (Phi) is 9.21. The summed E-state index contributed by atoms with van der Waals surface area (Å²) in [5.74, 6) is 2.57. The molecule has 1 heterocycles. The van der Waals surface area contributed by atoms with Gasteiger partial charge in [-0.05, 0) is 49.1 Å². The van der Waals surface area contributed by atoms with Crippen LogP contribution in [-0.4, -0.2) is 42.0 Å². The highest BCUT2D eigenvalue weighted by atomic mass is 32.2. The Bertz CT molecular complexity index is 1000. The van der Waals surface area contributed by atoms with E-state index in [0.29, 0.717) is 52.8 Å². The SMILES string of the molecule is CC[C@@H](C)c1ccc(OCCCOc2c(/C=C3\SC(=S)N(CC)C3=O)cccc2OC)cc1. The van der Waals surface area contributed by atoms with Crippen molar-refractivity contribution in [2.45, 2.75) is 39.5 Å². The summed E-state index contributed by atoms with van der Waals surface area (Å²) < 4.78 is 18.0. The molecule has 5 nitrogen and oxygen atoms in total. The third kappa shape index (κ3) is 6.30. The van der Waals surface area contributed by atoms with Crippen molar-refractivity contribution in [1.29, 1.82) is 0 Å². The fourth-order valence-electron chi connectivity index (χ4n) is 3.43. The van der Waals surface area contributed by atoms with Gasteiger partial charge in [0.1, 0.15) is 10.1 Å². The molecule has 0 aliphatic carbocycles. The Labute approximate surface area is 206 Å². The van der Waals surface area contributed by atoms with Crippen LogP contribution in [0.15, 0.2) is 47.4 Å². The van der Waals surface area contributed by atoms with Gasteiger partial charge in [-0.25, -0.2) is 0 Å². The van der Waals surface area contributed by atoms with Gasteiger partial charge in [-0.3, -0.25) is 9.69 Å². The van der Waals surface area contributed by atoms with E-state index in [0.717, 1.165) is 17.7 Å². The van der Waals surface area contributed by atoms with Gasteiger partial charge in [-0.1, -0.05) is 62.1 Å². The van der Waals surface area contributed by atoms with Crippen LogP contribution >= 0.6 is 24.0 Å². The minimum absolute atomic E-state index is 0.0750. The summed E-state index contributed by atoms with van der Waals surface area (Å²) in [7, 11) is 1.61. The number of hydrogen-bond acceptors (Lipinski definition) is 6. The molecule has 0 bridgehead atoms. The number of carbonyl (C=O) groups is 1. The van der Waals surface area contributed by atoms with Crippen molar-refractivity contribution in [3.8, 4) is 17.2 Å². The molecule has 1 saturated heterocycles. The lowest BCUT2D eigenvalue weighted by molar-refractivity contribution is -0.121. The first-order valence-corrected chi connectivity index (χ1v) is 12.5. The standard InChI is InChI=1S/C26H31NO4S2/c1-5-18(3)19-11-13-21(14-12-19)30-15-8-16-31-24-20(9-7-10-22(24)29-4)17-23-25(28)27(6-2)26(32)33-23/h7,9-14,17-18H,5-6,8,15-16H2,1-4H3/b23-17-/t18-/m1/s1. The highest BCUT2D eigenvalue weighted by Gasteiger charge is 2.31. The Balaban J connectivity index is 1.60. The molecule has 0 saturated carbocycles. The molecule has 2 aromatic rings. The fourth-order valence-corrected chi connectivity index (χ4v) is 4.80. The quantitative estimate of drug-likeness (QED) is 0.212. The van der Waals surface area contributed by atoms with Crippen molar-refractivity contribution in [1.82, 2.24) is 4.90 Å². The largest absolute Gasteiger partial charge is 0.493 e. The van der Waals surface area contributed by atoms with Crippen LogP contribution in [0.25, 0.3) is 6.08 Å². The van der Waals surface area contributed by atoms with Gasteiger partial charge in [0, 0.05) is 18.5 Å².